The molecule has 0 aromatic heterocycles. The van der Waals surface area contributed by atoms with Crippen molar-refractivity contribution in [3.63, 3.8) is 0 Å². The van der Waals surface area contributed by atoms with Crippen LogP contribution >= 0.6 is 24.0 Å². The van der Waals surface area contributed by atoms with Crippen LogP contribution in [-0.4, -0.2) is 44.4 Å². The lowest BCUT2D eigenvalue weighted by molar-refractivity contribution is 0.346. The summed E-state index contributed by atoms with van der Waals surface area (Å²) in [5.74, 6) is 0.800. The number of hydrogen-bond acceptors (Lipinski definition) is 3. The van der Waals surface area contributed by atoms with Gasteiger partial charge >= 0.3 is 0 Å². The zero-order valence-electron chi connectivity index (χ0n) is 15.3. The average molecular weight is 492 g/mol. The Bertz CT molecular complexity index is 714. The van der Waals surface area contributed by atoms with E-state index < -0.39 is 10.0 Å². The zero-order valence-corrected chi connectivity index (χ0v) is 18.4. The molecule has 6 nitrogen and oxygen atoms in total. The van der Waals surface area contributed by atoms with Crippen LogP contribution in [0.3, 0.4) is 0 Å². The van der Waals surface area contributed by atoms with E-state index in [-0.39, 0.29) is 24.0 Å². The van der Waals surface area contributed by atoms with E-state index in [4.69, 9.17) is 0 Å². The number of benzene rings is 1. The molecule has 2 fully saturated rings. The maximum Gasteiger partial charge on any atom is 0.243 e. The van der Waals surface area contributed by atoms with Gasteiger partial charge in [0.2, 0.25) is 10.0 Å². The number of sulfonamides is 1. The van der Waals surface area contributed by atoms with Crippen molar-refractivity contribution in [1.82, 2.24) is 14.9 Å². The molecule has 1 aromatic carbocycles. The first kappa shape index (κ1) is 21.4. The molecule has 0 spiro atoms. The second-order valence-corrected chi connectivity index (χ2v) is 8.66. The predicted molar refractivity (Wildman–Crippen MR) is 115 cm³/mol. The van der Waals surface area contributed by atoms with Gasteiger partial charge in [0.1, 0.15) is 0 Å². The van der Waals surface area contributed by atoms with Gasteiger partial charge in [0, 0.05) is 25.7 Å². The van der Waals surface area contributed by atoms with E-state index in [0.717, 1.165) is 37.3 Å². The number of halogens is 1. The van der Waals surface area contributed by atoms with Crippen LogP contribution in [-0.2, 0) is 16.6 Å². The Balaban J connectivity index is 0.00000243. The first-order valence-electron chi connectivity index (χ1n) is 9.23. The molecule has 1 aliphatic heterocycles. The molecular formula is C18H29IN4O2S. The number of rotatable bonds is 6. The molecule has 0 bridgehead atoms. The minimum Gasteiger partial charge on any atom is -0.357 e. The lowest BCUT2D eigenvalue weighted by atomic mass is 10.2. The largest absolute Gasteiger partial charge is 0.357 e. The van der Waals surface area contributed by atoms with Crippen LogP contribution in [0.5, 0.6) is 0 Å². The van der Waals surface area contributed by atoms with E-state index in [9.17, 15) is 8.42 Å². The molecule has 2 N–H and O–H groups in total. The van der Waals surface area contributed by atoms with Crippen molar-refractivity contribution in [1.29, 1.82) is 0 Å². The molecule has 1 heterocycles. The summed E-state index contributed by atoms with van der Waals surface area (Å²) < 4.78 is 27.2. The fourth-order valence-corrected chi connectivity index (χ4v) is 4.56. The Morgan fingerprint density at radius 1 is 1.23 bits per heavy atom. The van der Waals surface area contributed by atoms with Crippen molar-refractivity contribution in [3.8, 4) is 0 Å². The van der Waals surface area contributed by atoms with Crippen molar-refractivity contribution in [2.45, 2.75) is 56.5 Å². The first-order valence-corrected chi connectivity index (χ1v) is 10.7. The molecule has 26 heavy (non-hydrogen) atoms. The SMILES string of the molecule is CCNC(=NCc1cccc(S(=O)(=O)N2CCCCC2)c1)NC1CC1.I. The molecule has 1 saturated carbocycles. The van der Waals surface area contributed by atoms with E-state index >= 15 is 0 Å². The van der Waals surface area contributed by atoms with Crippen molar-refractivity contribution < 1.29 is 8.42 Å². The Kier molecular flexibility index (Phi) is 8.15. The van der Waals surface area contributed by atoms with Gasteiger partial charge in [0.05, 0.1) is 11.4 Å². The van der Waals surface area contributed by atoms with E-state index in [1.807, 2.05) is 19.1 Å². The van der Waals surface area contributed by atoms with Crippen LogP contribution in [0.25, 0.3) is 0 Å². The summed E-state index contributed by atoms with van der Waals surface area (Å²) in [6.07, 6.45) is 5.38. The van der Waals surface area contributed by atoms with E-state index in [1.165, 1.54) is 12.8 Å². The minimum atomic E-state index is -3.39. The molecule has 0 radical (unpaired) electrons. The number of nitrogens with zero attached hydrogens (tertiary/aromatic N) is 2. The van der Waals surface area contributed by atoms with Crippen molar-refractivity contribution >= 4 is 40.0 Å². The predicted octanol–water partition coefficient (Wildman–Crippen LogP) is 2.70. The van der Waals surface area contributed by atoms with Crippen LogP contribution in [0.4, 0.5) is 0 Å². The summed E-state index contributed by atoms with van der Waals surface area (Å²) in [6, 6.07) is 7.71. The highest BCUT2D eigenvalue weighted by Crippen LogP contribution is 2.22. The average Bonchev–Trinajstić information content (AvgIpc) is 3.45. The van der Waals surface area contributed by atoms with E-state index in [1.54, 1.807) is 16.4 Å². The molecule has 1 aliphatic carbocycles. The van der Waals surface area contributed by atoms with Gasteiger partial charge in [-0.1, -0.05) is 18.6 Å². The third-order valence-electron chi connectivity index (χ3n) is 4.53. The van der Waals surface area contributed by atoms with Crippen LogP contribution < -0.4 is 10.6 Å². The molecular weight excluding hydrogens is 463 g/mol. The lowest BCUT2D eigenvalue weighted by Gasteiger charge is -2.26. The molecule has 8 heteroatoms. The quantitative estimate of drug-likeness (QED) is 0.364. The highest BCUT2D eigenvalue weighted by Gasteiger charge is 2.26. The van der Waals surface area contributed by atoms with Crippen LogP contribution in [0.15, 0.2) is 34.2 Å². The van der Waals surface area contributed by atoms with Crippen LogP contribution in [0.2, 0.25) is 0 Å². The lowest BCUT2D eigenvalue weighted by Crippen LogP contribution is -2.38. The number of nitrogens with one attached hydrogen (secondary N) is 2. The summed E-state index contributed by atoms with van der Waals surface area (Å²) in [4.78, 5) is 4.96. The van der Waals surface area contributed by atoms with Crippen molar-refractivity contribution in [2.24, 2.45) is 4.99 Å². The summed E-state index contributed by atoms with van der Waals surface area (Å²) in [7, 11) is -3.39. The number of guanidine groups is 1. The normalized spacial score (nSPS) is 18.9. The topological polar surface area (TPSA) is 73.8 Å². The summed E-state index contributed by atoms with van der Waals surface area (Å²) in [5, 5.41) is 6.60. The Labute approximate surface area is 173 Å². The maximum atomic E-state index is 12.8. The fourth-order valence-electron chi connectivity index (χ4n) is 2.97. The van der Waals surface area contributed by atoms with Gasteiger partial charge in [-0.3, -0.25) is 0 Å². The Morgan fingerprint density at radius 3 is 2.62 bits per heavy atom. The van der Waals surface area contributed by atoms with Crippen LogP contribution in [0, 0.1) is 0 Å². The second-order valence-electron chi connectivity index (χ2n) is 6.73. The van der Waals surface area contributed by atoms with Crippen LogP contribution in [0.1, 0.15) is 44.6 Å². The molecule has 2 aliphatic rings. The standard InChI is InChI=1S/C18H28N4O2S.HI/c1-2-19-18(21-16-9-10-16)20-14-15-7-6-8-17(13-15)25(23,24)22-11-4-3-5-12-22;/h6-8,13,16H,2-5,9-12,14H2,1H3,(H2,19,20,21);1H. The van der Waals surface area contributed by atoms with E-state index in [0.29, 0.717) is 30.6 Å². The summed E-state index contributed by atoms with van der Waals surface area (Å²) in [6.45, 7) is 4.56. The van der Waals surface area contributed by atoms with Gasteiger partial charge in [-0.2, -0.15) is 4.31 Å². The van der Waals surface area contributed by atoms with Crippen molar-refractivity contribution in [2.75, 3.05) is 19.6 Å². The molecule has 0 atom stereocenters. The Hall–Kier alpha value is -0.870. The monoisotopic (exact) mass is 492 g/mol. The summed E-state index contributed by atoms with van der Waals surface area (Å²) in [5.41, 5.74) is 0.908. The number of hydrogen-bond donors (Lipinski definition) is 2. The number of aliphatic imine (C=N–C) groups is 1. The minimum absolute atomic E-state index is 0. The molecule has 0 amide bonds. The number of piperidine rings is 1. The smallest absolute Gasteiger partial charge is 0.243 e. The summed E-state index contributed by atoms with van der Waals surface area (Å²) >= 11 is 0. The molecule has 146 valence electrons. The fraction of sp³-hybridized carbons (Fsp3) is 0.611. The van der Waals surface area contributed by atoms with Gasteiger partial charge in [-0.25, -0.2) is 13.4 Å². The molecule has 0 unspecified atom stereocenters. The third kappa shape index (κ3) is 5.82. The van der Waals surface area contributed by atoms with Gasteiger partial charge < -0.3 is 10.6 Å². The molecule has 1 saturated heterocycles. The van der Waals surface area contributed by atoms with Gasteiger partial charge in [-0.15, -0.1) is 24.0 Å². The van der Waals surface area contributed by atoms with Gasteiger partial charge in [-0.05, 0) is 50.3 Å². The first-order chi connectivity index (χ1) is 12.1. The van der Waals surface area contributed by atoms with Gasteiger partial charge in [0.15, 0.2) is 5.96 Å². The molecule has 3 rings (SSSR count). The zero-order chi connectivity index (χ0) is 17.7. The highest BCUT2D eigenvalue weighted by molar-refractivity contribution is 14.0. The maximum absolute atomic E-state index is 12.8. The third-order valence-corrected chi connectivity index (χ3v) is 6.43. The highest BCUT2D eigenvalue weighted by atomic mass is 127. The Morgan fingerprint density at radius 2 is 1.96 bits per heavy atom. The van der Waals surface area contributed by atoms with Gasteiger partial charge in [0.25, 0.3) is 0 Å². The molecule has 1 aromatic rings. The van der Waals surface area contributed by atoms with Crippen molar-refractivity contribution in [3.05, 3.63) is 29.8 Å². The van der Waals surface area contributed by atoms with E-state index in [2.05, 4.69) is 15.6 Å². The second kappa shape index (κ2) is 9.89.